The largest absolute Gasteiger partial charge is 0.354 e. The van der Waals surface area contributed by atoms with Crippen LogP contribution in [0.1, 0.15) is 18.4 Å². The van der Waals surface area contributed by atoms with E-state index in [1.807, 2.05) is 49.4 Å². The van der Waals surface area contributed by atoms with E-state index in [4.69, 9.17) is 11.6 Å². The molecular formula is C22H22ClN5O. The van der Waals surface area contributed by atoms with Crippen molar-refractivity contribution < 1.29 is 4.79 Å². The zero-order valence-electron chi connectivity index (χ0n) is 16.2. The number of carbonyl (C=O) groups is 1. The number of amides is 1. The predicted octanol–water partition coefficient (Wildman–Crippen LogP) is 4.36. The van der Waals surface area contributed by atoms with Gasteiger partial charge in [-0.3, -0.25) is 9.78 Å². The van der Waals surface area contributed by atoms with Crippen LogP contribution in [0.4, 0.5) is 11.5 Å². The summed E-state index contributed by atoms with van der Waals surface area (Å²) in [5.41, 5.74) is 3.43. The molecule has 0 spiro atoms. The molecule has 1 saturated heterocycles. The van der Waals surface area contributed by atoms with Crippen LogP contribution in [0.5, 0.6) is 0 Å². The third-order valence-corrected chi connectivity index (χ3v) is 5.68. The molecule has 148 valence electrons. The van der Waals surface area contributed by atoms with Gasteiger partial charge in [0.25, 0.3) is 0 Å². The molecular weight excluding hydrogens is 386 g/mol. The summed E-state index contributed by atoms with van der Waals surface area (Å²) < 4.78 is 0. The van der Waals surface area contributed by atoms with Crippen LogP contribution in [-0.2, 0) is 4.79 Å². The highest BCUT2D eigenvalue weighted by Crippen LogP contribution is 2.26. The molecule has 1 amide bonds. The second-order valence-corrected chi connectivity index (χ2v) is 7.61. The Balaban J connectivity index is 1.44. The van der Waals surface area contributed by atoms with Gasteiger partial charge >= 0.3 is 0 Å². The zero-order chi connectivity index (χ0) is 20.2. The Morgan fingerprint density at radius 3 is 2.72 bits per heavy atom. The van der Waals surface area contributed by atoms with Crippen LogP contribution in [-0.4, -0.2) is 34.2 Å². The number of hydrogen-bond donors (Lipinski definition) is 1. The Hall–Kier alpha value is -2.99. The smallest absolute Gasteiger partial charge is 0.229 e. The molecule has 29 heavy (non-hydrogen) atoms. The predicted molar refractivity (Wildman–Crippen MR) is 115 cm³/mol. The lowest BCUT2D eigenvalue weighted by atomic mass is 9.97. The Kier molecular flexibility index (Phi) is 5.71. The highest BCUT2D eigenvalue weighted by Gasteiger charge is 2.27. The molecule has 6 nitrogen and oxygen atoms in total. The fourth-order valence-corrected chi connectivity index (χ4v) is 3.72. The maximum absolute atomic E-state index is 12.8. The number of pyridine rings is 1. The Morgan fingerprint density at radius 2 is 1.97 bits per heavy atom. The molecule has 4 rings (SSSR count). The van der Waals surface area contributed by atoms with Crippen LogP contribution >= 0.6 is 11.6 Å². The Morgan fingerprint density at radius 1 is 1.14 bits per heavy atom. The number of piperidine rings is 1. The first-order valence-electron chi connectivity index (χ1n) is 9.67. The third kappa shape index (κ3) is 4.38. The molecule has 3 heterocycles. The van der Waals surface area contributed by atoms with E-state index < -0.39 is 0 Å². The molecule has 1 fully saturated rings. The van der Waals surface area contributed by atoms with Gasteiger partial charge in [0, 0.05) is 41.8 Å². The van der Waals surface area contributed by atoms with Crippen LogP contribution in [0.2, 0.25) is 5.02 Å². The number of hydrogen-bond acceptors (Lipinski definition) is 5. The normalized spacial score (nSPS) is 16.5. The van der Waals surface area contributed by atoms with E-state index in [0.29, 0.717) is 11.6 Å². The van der Waals surface area contributed by atoms with Gasteiger partial charge in [-0.2, -0.15) is 0 Å². The number of carbonyl (C=O) groups excluding carboxylic acids is 1. The summed E-state index contributed by atoms with van der Waals surface area (Å²) in [5.74, 6) is 0.699. The topological polar surface area (TPSA) is 71.0 Å². The lowest BCUT2D eigenvalue weighted by molar-refractivity contribution is -0.120. The van der Waals surface area contributed by atoms with Gasteiger partial charge in [-0.1, -0.05) is 17.7 Å². The molecule has 3 aromatic rings. The monoisotopic (exact) mass is 407 g/mol. The highest BCUT2D eigenvalue weighted by molar-refractivity contribution is 6.31. The van der Waals surface area contributed by atoms with Gasteiger partial charge in [0.1, 0.15) is 0 Å². The number of anilines is 2. The molecule has 1 aliphatic heterocycles. The molecule has 0 radical (unpaired) electrons. The second-order valence-electron chi connectivity index (χ2n) is 7.20. The van der Waals surface area contributed by atoms with E-state index in [-0.39, 0.29) is 11.8 Å². The van der Waals surface area contributed by atoms with Crippen molar-refractivity contribution in [2.45, 2.75) is 19.8 Å². The van der Waals surface area contributed by atoms with E-state index in [9.17, 15) is 4.79 Å². The van der Waals surface area contributed by atoms with Crippen molar-refractivity contribution in [3.63, 3.8) is 0 Å². The Labute approximate surface area is 174 Å². The van der Waals surface area contributed by atoms with Gasteiger partial charge in [0.05, 0.1) is 11.6 Å². The second kappa shape index (κ2) is 8.57. The zero-order valence-corrected chi connectivity index (χ0v) is 16.9. The van der Waals surface area contributed by atoms with Crippen molar-refractivity contribution in [1.82, 2.24) is 15.2 Å². The fraction of sp³-hybridized carbons (Fsp3) is 0.273. The van der Waals surface area contributed by atoms with Gasteiger partial charge in [-0.05, 0) is 61.7 Å². The number of rotatable bonds is 4. The molecule has 1 atom stereocenters. The fourth-order valence-electron chi connectivity index (χ4n) is 3.55. The summed E-state index contributed by atoms with van der Waals surface area (Å²) in [5, 5.41) is 12.4. The first kappa shape index (κ1) is 19.3. The summed E-state index contributed by atoms with van der Waals surface area (Å²) in [6, 6.07) is 13.3. The van der Waals surface area contributed by atoms with Crippen molar-refractivity contribution in [3.05, 3.63) is 65.4 Å². The third-order valence-electron chi connectivity index (χ3n) is 5.27. The maximum atomic E-state index is 12.8. The van der Waals surface area contributed by atoms with Crippen LogP contribution in [0.15, 0.2) is 54.9 Å². The average molecular weight is 408 g/mol. The summed E-state index contributed by atoms with van der Waals surface area (Å²) in [7, 11) is 0. The van der Waals surface area contributed by atoms with E-state index in [1.54, 1.807) is 12.4 Å². The minimum absolute atomic E-state index is 0.0152. The molecule has 7 heteroatoms. The van der Waals surface area contributed by atoms with Crippen molar-refractivity contribution in [3.8, 4) is 11.3 Å². The minimum Gasteiger partial charge on any atom is -0.354 e. The van der Waals surface area contributed by atoms with Gasteiger partial charge in [-0.15, -0.1) is 10.2 Å². The number of halogens is 1. The average Bonchev–Trinajstić information content (AvgIpc) is 2.78. The van der Waals surface area contributed by atoms with Gasteiger partial charge in [0.15, 0.2) is 5.82 Å². The van der Waals surface area contributed by atoms with Crippen LogP contribution in [0.3, 0.4) is 0 Å². The van der Waals surface area contributed by atoms with E-state index >= 15 is 0 Å². The highest BCUT2D eigenvalue weighted by atomic mass is 35.5. The SMILES string of the molecule is Cc1c(Cl)cccc1NC(=O)C1CCCN(c2ccc(-c3ccncc3)nn2)C1. The van der Waals surface area contributed by atoms with E-state index in [1.165, 1.54) is 0 Å². The maximum Gasteiger partial charge on any atom is 0.229 e. The number of aromatic nitrogens is 3. The van der Waals surface area contributed by atoms with Gasteiger partial charge < -0.3 is 10.2 Å². The molecule has 0 bridgehead atoms. The standard InChI is InChI=1S/C22H22ClN5O/c1-15-18(23)5-2-6-19(15)25-22(29)17-4-3-13-28(14-17)21-8-7-20(26-27-21)16-9-11-24-12-10-16/h2,5-12,17H,3-4,13-14H2,1H3,(H,25,29). The quantitative estimate of drug-likeness (QED) is 0.695. The molecule has 1 aromatic carbocycles. The minimum atomic E-state index is -0.108. The lowest BCUT2D eigenvalue weighted by Gasteiger charge is -2.32. The van der Waals surface area contributed by atoms with Crippen molar-refractivity contribution in [2.24, 2.45) is 5.92 Å². The summed E-state index contributed by atoms with van der Waals surface area (Å²) in [4.78, 5) is 19.0. The molecule has 0 saturated carbocycles. The molecule has 1 aliphatic rings. The van der Waals surface area contributed by atoms with Crippen LogP contribution < -0.4 is 10.2 Å². The molecule has 1 unspecified atom stereocenters. The van der Waals surface area contributed by atoms with Crippen molar-refractivity contribution >= 4 is 29.0 Å². The van der Waals surface area contributed by atoms with Crippen molar-refractivity contribution in [2.75, 3.05) is 23.3 Å². The number of nitrogens with zero attached hydrogens (tertiary/aromatic N) is 4. The first-order valence-corrected chi connectivity index (χ1v) is 10.0. The van der Waals surface area contributed by atoms with Gasteiger partial charge in [0.2, 0.25) is 5.91 Å². The summed E-state index contributed by atoms with van der Waals surface area (Å²) >= 11 is 6.17. The van der Waals surface area contributed by atoms with Gasteiger partial charge in [-0.25, -0.2) is 0 Å². The molecule has 0 aliphatic carbocycles. The first-order chi connectivity index (χ1) is 14.1. The van der Waals surface area contributed by atoms with Crippen molar-refractivity contribution in [1.29, 1.82) is 0 Å². The van der Waals surface area contributed by atoms with Crippen LogP contribution in [0, 0.1) is 12.8 Å². The number of benzene rings is 1. The Bertz CT molecular complexity index is 994. The van der Waals surface area contributed by atoms with E-state index in [0.717, 1.165) is 47.7 Å². The summed E-state index contributed by atoms with van der Waals surface area (Å²) in [6.45, 7) is 3.39. The molecule has 2 aromatic heterocycles. The lowest BCUT2D eigenvalue weighted by Crippen LogP contribution is -2.41. The van der Waals surface area contributed by atoms with E-state index in [2.05, 4.69) is 25.4 Å². The molecule has 1 N–H and O–H groups in total. The van der Waals surface area contributed by atoms with Crippen LogP contribution in [0.25, 0.3) is 11.3 Å². The summed E-state index contributed by atoms with van der Waals surface area (Å²) in [6.07, 6.45) is 5.26. The number of nitrogens with one attached hydrogen (secondary N) is 1.